The van der Waals surface area contributed by atoms with Crippen LogP contribution in [0.4, 0.5) is 0 Å². The number of nitrogens with one attached hydrogen (secondary N) is 1. The number of carbonyl (C=O) groups excluding carboxylic acids is 1. The van der Waals surface area contributed by atoms with Gasteiger partial charge >= 0.3 is 0 Å². The first-order valence-corrected chi connectivity index (χ1v) is 10.7. The van der Waals surface area contributed by atoms with Crippen molar-refractivity contribution in [1.82, 2.24) is 19.7 Å². The van der Waals surface area contributed by atoms with Gasteiger partial charge in [-0.2, -0.15) is 5.10 Å². The van der Waals surface area contributed by atoms with Gasteiger partial charge in [0, 0.05) is 37.5 Å². The average Bonchev–Trinajstić information content (AvgIpc) is 3.45. The number of hydrogen-bond acceptors (Lipinski definition) is 5. The van der Waals surface area contributed by atoms with E-state index in [1.54, 1.807) is 14.2 Å². The molecule has 1 N–H and O–H groups in total. The summed E-state index contributed by atoms with van der Waals surface area (Å²) in [7, 11) is 3.30. The van der Waals surface area contributed by atoms with E-state index in [-0.39, 0.29) is 5.91 Å². The summed E-state index contributed by atoms with van der Waals surface area (Å²) < 4.78 is 12.8. The second kappa shape index (κ2) is 9.34. The van der Waals surface area contributed by atoms with Crippen molar-refractivity contribution in [1.29, 1.82) is 0 Å². The van der Waals surface area contributed by atoms with E-state index in [1.165, 1.54) is 5.56 Å². The molecular formula is C23H26N4O3S. The van der Waals surface area contributed by atoms with Gasteiger partial charge in [0.25, 0.3) is 0 Å². The van der Waals surface area contributed by atoms with Crippen molar-refractivity contribution in [3.05, 3.63) is 58.9 Å². The Morgan fingerprint density at radius 3 is 2.39 bits per heavy atom. The van der Waals surface area contributed by atoms with E-state index < -0.39 is 0 Å². The van der Waals surface area contributed by atoms with Crippen molar-refractivity contribution in [2.45, 2.75) is 25.3 Å². The molecule has 1 fully saturated rings. The Morgan fingerprint density at radius 2 is 1.74 bits per heavy atom. The number of aromatic amines is 1. The van der Waals surface area contributed by atoms with E-state index in [4.69, 9.17) is 21.7 Å². The van der Waals surface area contributed by atoms with E-state index in [1.807, 2.05) is 45.9 Å². The van der Waals surface area contributed by atoms with Gasteiger partial charge in [-0.05, 0) is 60.6 Å². The van der Waals surface area contributed by atoms with Crippen LogP contribution in [-0.4, -0.2) is 52.9 Å². The van der Waals surface area contributed by atoms with E-state index >= 15 is 0 Å². The lowest BCUT2D eigenvalue weighted by molar-refractivity contribution is -0.130. The van der Waals surface area contributed by atoms with Crippen molar-refractivity contribution < 1.29 is 14.3 Å². The van der Waals surface area contributed by atoms with Gasteiger partial charge in [-0.15, -0.1) is 0 Å². The first-order chi connectivity index (χ1) is 15.1. The van der Waals surface area contributed by atoms with Crippen LogP contribution in [0.1, 0.15) is 24.3 Å². The summed E-state index contributed by atoms with van der Waals surface area (Å²) in [5, 5.41) is 7.20. The number of aromatic nitrogens is 3. The van der Waals surface area contributed by atoms with Crippen molar-refractivity contribution in [3.63, 3.8) is 0 Å². The highest BCUT2D eigenvalue weighted by Gasteiger charge is 2.27. The Hall–Kier alpha value is -3.13. The molecule has 1 saturated heterocycles. The van der Waals surface area contributed by atoms with E-state index in [0.717, 1.165) is 42.4 Å². The van der Waals surface area contributed by atoms with Crippen molar-refractivity contribution in [3.8, 4) is 22.9 Å². The molecule has 0 aliphatic carbocycles. The molecule has 0 saturated carbocycles. The van der Waals surface area contributed by atoms with Crippen molar-refractivity contribution in [2.75, 3.05) is 27.3 Å². The predicted molar refractivity (Wildman–Crippen MR) is 121 cm³/mol. The van der Waals surface area contributed by atoms with Gasteiger partial charge in [-0.25, -0.2) is 0 Å². The third kappa shape index (κ3) is 4.64. The monoisotopic (exact) mass is 438 g/mol. The minimum absolute atomic E-state index is 0.139. The Balaban J connectivity index is 1.39. The molecule has 7 nitrogen and oxygen atoms in total. The molecule has 0 bridgehead atoms. The number of rotatable bonds is 7. The van der Waals surface area contributed by atoms with Crippen molar-refractivity contribution >= 4 is 18.1 Å². The highest BCUT2D eigenvalue weighted by molar-refractivity contribution is 7.71. The Labute approximate surface area is 186 Å². The van der Waals surface area contributed by atoms with Crippen LogP contribution in [0.15, 0.2) is 48.5 Å². The maximum absolute atomic E-state index is 12.9. The van der Waals surface area contributed by atoms with Crippen LogP contribution >= 0.6 is 12.2 Å². The number of benzene rings is 2. The molecule has 1 atom stereocenters. The van der Waals surface area contributed by atoms with Crippen LogP contribution in [0.2, 0.25) is 0 Å². The molecule has 0 spiro atoms. The van der Waals surface area contributed by atoms with Crippen LogP contribution in [0, 0.1) is 4.77 Å². The number of hydrogen-bond donors (Lipinski definition) is 1. The number of likely N-dealkylation sites (tertiary alicyclic amines) is 1. The van der Waals surface area contributed by atoms with E-state index in [2.05, 4.69) is 22.3 Å². The van der Waals surface area contributed by atoms with Gasteiger partial charge in [0.1, 0.15) is 11.5 Å². The quantitative estimate of drug-likeness (QED) is 0.564. The summed E-state index contributed by atoms with van der Waals surface area (Å²) in [6.07, 6.45) is 1.35. The summed E-state index contributed by atoms with van der Waals surface area (Å²) in [5.74, 6) is 2.85. The molecule has 2 heterocycles. The number of carbonyl (C=O) groups is 1. The minimum Gasteiger partial charge on any atom is -0.497 e. The molecule has 31 heavy (non-hydrogen) atoms. The molecule has 1 amide bonds. The predicted octanol–water partition coefficient (Wildman–Crippen LogP) is 4.03. The van der Waals surface area contributed by atoms with Crippen LogP contribution in [0.5, 0.6) is 11.5 Å². The molecular weight excluding hydrogens is 412 g/mol. The summed E-state index contributed by atoms with van der Waals surface area (Å²) in [6, 6.07) is 15.7. The topological polar surface area (TPSA) is 72.4 Å². The first-order valence-electron chi connectivity index (χ1n) is 10.3. The third-order valence-electron chi connectivity index (χ3n) is 5.78. The summed E-state index contributed by atoms with van der Waals surface area (Å²) in [5.41, 5.74) is 2.16. The molecule has 3 aromatic rings. The molecule has 162 valence electrons. The Kier molecular flexibility index (Phi) is 6.36. The molecule has 1 aliphatic heterocycles. The SMILES string of the molecule is COc1ccc(-c2n[nH]c(=S)n2CCC(=O)N2CCC(c3ccc(OC)cc3)C2)cc1. The van der Waals surface area contributed by atoms with E-state index in [0.29, 0.717) is 23.7 Å². The second-order valence-corrected chi connectivity index (χ2v) is 7.97. The van der Waals surface area contributed by atoms with Crippen LogP contribution in [0.25, 0.3) is 11.4 Å². The molecule has 1 unspecified atom stereocenters. The van der Waals surface area contributed by atoms with Gasteiger partial charge < -0.3 is 14.4 Å². The average molecular weight is 439 g/mol. The highest BCUT2D eigenvalue weighted by Crippen LogP contribution is 2.29. The molecule has 1 aromatic heterocycles. The maximum atomic E-state index is 12.9. The van der Waals surface area contributed by atoms with Gasteiger partial charge in [0.05, 0.1) is 14.2 Å². The fourth-order valence-corrected chi connectivity index (χ4v) is 4.21. The Bertz CT molecular complexity index is 1090. The van der Waals surface area contributed by atoms with Gasteiger partial charge in [0.2, 0.25) is 5.91 Å². The zero-order valence-corrected chi connectivity index (χ0v) is 18.5. The number of ether oxygens (including phenoxy) is 2. The standard InChI is InChI=1S/C23H26N4O3S/c1-29-19-7-3-16(4-8-19)18-11-13-26(15-18)21(28)12-14-27-22(24-25-23(27)31)17-5-9-20(30-2)10-6-17/h3-10,18H,11-15H2,1-2H3,(H,25,31). The van der Waals surface area contributed by atoms with Gasteiger partial charge in [0.15, 0.2) is 10.6 Å². The molecule has 4 rings (SSSR count). The van der Waals surface area contributed by atoms with Gasteiger partial charge in [-0.3, -0.25) is 14.5 Å². The number of methoxy groups -OCH3 is 2. The number of H-pyrrole nitrogens is 1. The zero-order valence-electron chi connectivity index (χ0n) is 17.7. The van der Waals surface area contributed by atoms with Gasteiger partial charge in [-0.1, -0.05) is 12.1 Å². The van der Waals surface area contributed by atoms with Crippen LogP contribution in [-0.2, 0) is 11.3 Å². The highest BCUT2D eigenvalue weighted by atomic mass is 32.1. The minimum atomic E-state index is 0.139. The van der Waals surface area contributed by atoms with E-state index in [9.17, 15) is 4.79 Å². The lowest BCUT2D eigenvalue weighted by Gasteiger charge is -2.17. The fraction of sp³-hybridized carbons (Fsp3) is 0.348. The van der Waals surface area contributed by atoms with Crippen LogP contribution < -0.4 is 9.47 Å². The molecule has 8 heteroatoms. The summed E-state index contributed by atoms with van der Waals surface area (Å²) in [4.78, 5) is 14.8. The number of nitrogens with zero attached hydrogens (tertiary/aromatic N) is 3. The normalized spacial score (nSPS) is 15.8. The lowest BCUT2D eigenvalue weighted by atomic mass is 9.98. The maximum Gasteiger partial charge on any atom is 0.224 e. The zero-order chi connectivity index (χ0) is 21.8. The smallest absolute Gasteiger partial charge is 0.224 e. The van der Waals surface area contributed by atoms with Crippen molar-refractivity contribution in [2.24, 2.45) is 0 Å². The lowest BCUT2D eigenvalue weighted by Crippen LogP contribution is -2.29. The summed E-state index contributed by atoms with van der Waals surface area (Å²) in [6.45, 7) is 2.00. The fourth-order valence-electron chi connectivity index (χ4n) is 3.99. The number of amides is 1. The first kappa shape index (κ1) is 21.1. The molecule has 1 aliphatic rings. The largest absolute Gasteiger partial charge is 0.497 e. The Morgan fingerprint density at radius 1 is 1.10 bits per heavy atom. The summed E-state index contributed by atoms with van der Waals surface area (Å²) >= 11 is 5.40. The molecule has 0 radical (unpaired) electrons. The second-order valence-electron chi connectivity index (χ2n) is 7.58. The third-order valence-corrected chi connectivity index (χ3v) is 6.10. The van der Waals surface area contributed by atoms with Crippen LogP contribution in [0.3, 0.4) is 0 Å². The molecule has 2 aromatic carbocycles.